The SMILES string of the molecule is CCCCCC1CC=C(c2ccc(C(CO)CO)cc2)CC1. The van der Waals surface area contributed by atoms with Gasteiger partial charge in [0.15, 0.2) is 0 Å². The number of aliphatic hydroxyl groups is 2. The number of hydrogen-bond donors (Lipinski definition) is 2. The summed E-state index contributed by atoms with van der Waals surface area (Å²) in [7, 11) is 0. The van der Waals surface area contributed by atoms with Gasteiger partial charge in [-0.15, -0.1) is 0 Å². The molecule has 0 saturated heterocycles. The second-order valence-electron chi connectivity index (χ2n) is 6.55. The van der Waals surface area contributed by atoms with Gasteiger partial charge in [0.25, 0.3) is 0 Å². The summed E-state index contributed by atoms with van der Waals surface area (Å²) in [6, 6.07) is 8.36. The van der Waals surface area contributed by atoms with Crippen LogP contribution in [0.3, 0.4) is 0 Å². The smallest absolute Gasteiger partial charge is 0.0521 e. The molecule has 0 bridgehead atoms. The average Bonchev–Trinajstić information content (AvgIpc) is 2.58. The summed E-state index contributed by atoms with van der Waals surface area (Å²) in [6.07, 6.45) is 11.6. The van der Waals surface area contributed by atoms with E-state index in [4.69, 9.17) is 0 Å². The monoisotopic (exact) mass is 302 g/mol. The number of aliphatic hydroxyl groups excluding tert-OH is 2. The molecule has 0 radical (unpaired) electrons. The highest BCUT2D eigenvalue weighted by molar-refractivity contribution is 5.66. The first-order valence-corrected chi connectivity index (χ1v) is 8.79. The molecule has 1 aliphatic carbocycles. The van der Waals surface area contributed by atoms with Crippen molar-refractivity contribution in [2.24, 2.45) is 5.92 Å². The Hall–Kier alpha value is -1.12. The number of benzene rings is 1. The second kappa shape index (κ2) is 9.12. The molecule has 0 saturated carbocycles. The predicted octanol–water partition coefficient (Wildman–Crippen LogP) is 4.52. The summed E-state index contributed by atoms with van der Waals surface area (Å²) in [4.78, 5) is 0. The Balaban J connectivity index is 1.92. The van der Waals surface area contributed by atoms with Gasteiger partial charge in [-0.1, -0.05) is 62.9 Å². The minimum absolute atomic E-state index is 0.00200. The third-order valence-corrected chi connectivity index (χ3v) is 4.93. The predicted molar refractivity (Wildman–Crippen MR) is 92.8 cm³/mol. The molecule has 1 atom stereocenters. The van der Waals surface area contributed by atoms with Crippen LogP contribution in [0, 0.1) is 5.92 Å². The zero-order valence-corrected chi connectivity index (χ0v) is 13.8. The van der Waals surface area contributed by atoms with Crippen LogP contribution in [0.25, 0.3) is 5.57 Å². The summed E-state index contributed by atoms with van der Waals surface area (Å²) < 4.78 is 0. The maximum atomic E-state index is 9.24. The molecular weight excluding hydrogens is 272 g/mol. The Bertz CT molecular complexity index is 457. The molecule has 0 aliphatic heterocycles. The van der Waals surface area contributed by atoms with Crippen LogP contribution in [-0.2, 0) is 0 Å². The van der Waals surface area contributed by atoms with Crippen LogP contribution in [0.1, 0.15) is 68.9 Å². The lowest BCUT2D eigenvalue weighted by Gasteiger charge is -2.22. The van der Waals surface area contributed by atoms with E-state index in [0.29, 0.717) is 0 Å². The van der Waals surface area contributed by atoms with Gasteiger partial charge in [0.05, 0.1) is 13.2 Å². The Morgan fingerprint density at radius 3 is 2.36 bits per heavy atom. The van der Waals surface area contributed by atoms with E-state index in [0.717, 1.165) is 11.5 Å². The third kappa shape index (κ3) is 4.69. The highest BCUT2D eigenvalue weighted by atomic mass is 16.3. The quantitative estimate of drug-likeness (QED) is 0.693. The van der Waals surface area contributed by atoms with E-state index in [9.17, 15) is 10.2 Å². The molecule has 1 aromatic rings. The van der Waals surface area contributed by atoms with E-state index < -0.39 is 0 Å². The molecular formula is C20H30O2. The summed E-state index contributed by atoms with van der Waals surface area (Å²) in [6.45, 7) is 2.26. The maximum absolute atomic E-state index is 9.24. The van der Waals surface area contributed by atoms with E-state index in [1.807, 2.05) is 12.1 Å². The molecule has 1 aromatic carbocycles. The number of hydrogen-bond acceptors (Lipinski definition) is 2. The van der Waals surface area contributed by atoms with Crippen LogP contribution in [0.5, 0.6) is 0 Å². The van der Waals surface area contributed by atoms with Crippen molar-refractivity contribution < 1.29 is 10.2 Å². The lowest BCUT2D eigenvalue weighted by molar-refractivity contribution is 0.192. The van der Waals surface area contributed by atoms with Gasteiger partial charge in [-0.05, 0) is 41.9 Å². The van der Waals surface area contributed by atoms with Crippen LogP contribution < -0.4 is 0 Å². The van der Waals surface area contributed by atoms with Crippen molar-refractivity contribution in [3.05, 3.63) is 41.5 Å². The molecule has 0 amide bonds. The van der Waals surface area contributed by atoms with Crippen molar-refractivity contribution >= 4 is 5.57 Å². The number of allylic oxidation sites excluding steroid dienone is 2. The largest absolute Gasteiger partial charge is 0.396 e. The molecule has 2 N–H and O–H groups in total. The topological polar surface area (TPSA) is 40.5 Å². The standard InChI is InChI=1S/C20H30O2/c1-2-3-4-5-16-6-8-17(9-7-16)18-10-12-19(13-11-18)20(14-21)15-22/h8,10-13,16,20-22H,2-7,9,14-15H2,1H3. The van der Waals surface area contributed by atoms with Gasteiger partial charge in [0.1, 0.15) is 0 Å². The Kier molecular flexibility index (Phi) is 7.14. The first-order chi connectivity index (χ1) is 10.8. The van der Waals surface area contributed by atoms with Crippen LogP contribution in [-0.4, -0.2) is 23.4 Å². The third-order valence-electron chi connectivity index (χ3n) is 4.93. The second-order valence-corrected chi connectivity index (χ2v) is 6.55. The number of unbranched alkanes of at least 4 members (excludes halogenated alkanes) is 2. The highest BCUT2D eigenvalue weighted by Gasteiger charge is 2.15. The molecule has 2 heteroatoms. The summed E-state index contributed by atoms with van der Waals surface area (Å²) in [5.74, 6) is 0.722. The Labute approximate surface area is 134 Å². The summed E-state index contributed by atoms with van der Waals surface area (Å²) in [5, 5.41) is 18.5. The first kappa shape index (κ1) is 17.2. The molecule has 122 valence electrons. The zero-order valence-electron chi connectivity index (χ0n) is 13.8. The first-order valence-electron chi connectivity index (χ1n) is 8.79. The van der Waals surface area contributed by atoms with Crippen LogP contribution in [0.15, 0.2) is 30.3 Å². The van der Waals surface area contributed by atoms with Crippen LogP contribution >= 0.6 is 0 Å². The molecule has 1 aliphatic rings. The zero-order chi connectivity index (χ0) is 15.8. The molecule has 0 aromatic heterocycles. The lowest BCUT2D eigenvalue weighted by Crippen LogP contribution is -2.09. The minimum atomic E-state index is -0.155. The Morgan fingerprint density at radius 1 is 1.09 bits per heavy atom. The summed E-state index contributed by atoms with van der Waals surface area (Å²) >= 11 is 0. The van der Waals surface area contributed by atoms with Crippen molar-refractivity contribution in [1.29, 1.82) is 0 Å². The van der Waals surface area contributed by atoms with Gasteiger partial charge in [-0.3, -0.25) is 0 Å². The van der Waals surface area contributed by atoms with E-state index in [-0.39, 0.29) is 19.1 Å². The highest BCUT2D eigenvalue weighted by Crippen LogP contribution is 2.33. The minimum Gasteiger partial charge on any atom is -0.396 e. The van der Waals surface area contributed by atoms with Gasteiger partial charge in [0.2, 0.25) is 0 Å². The molecule has 22 heavy (non-hydrogen) atoms. The lowest BCUT2D eigenvalue weighted by atomic mass is 9.83. The maximum Gasteiger partial charge on any atom is 0.0521 e. The van der Waals surface area contributed by atoms with Gasteiger partial charge < -0.3 is 10.2 Å². The van der Waals surface area contributed by atoms with E-state index >= 15 is 0 Å². The number of rotatable bonds is 8. The van der Waals surface area contributed by atoms with Crippen molar-refractivity contribution in [3.8, 4) is 0 Å². The van der Waals surface area contributed by atoms with E-state index in [2.05, 4.69) is 25.1 Å². The average molecular weight is 302 g/mol. The van der Waals surface area contributed by atoms with Crippen molar-refractivity contribution in [2.45, 2.75) is 57.8 Å². The van der Waals surface area contributed by atoms with Gasteiger partial charge in [-0.2, -0.15) is 0 Å². The van der Waals surface area contributed by atoms with Crippen molar-refractivity contribution in [2.75, 3.05) is 13.2 Å². The fourth-order valence-electron chi connectivity index (χ4n) is 3.33. The fourth-order valence-corrected chi connectivity index (χ4v) is 3.33. The van der Waals surface area contributed by atoms with E-state index in [1.54, 1.807) is 0 Å². The molecule has 2 nitrogen and oxygen atoms in total. The van der Waals surface area contributed by atoms with Crippen molar-refractivity contribution in [1.82, 2.24) is 0 Å². The van der Waals surface area contributed by atoms with E-state index in [1.165, 1.54) is 56.1 Å². The van der Waals surface area contributed by atoms with Gasteiger partial charge in [-0.25, -0.2) is 0 Å². The fraction of sp³-hybridized carbons (Fsp3) is 0.600. The summed E-state index contributed by atoms with van der Waals surface area (Å²) in [5.41, 5.74) is 3.77. The van der Waals surface area contributed by atoms with Gasteiger partial charge in [0, 0.05) is 5.92 Å². The van der Waals surface area contributed by atoms with Crippen LogP contribution in [0.2, 0.25) is 0 Å². The normalized spacial score (nSPS) is 18.5. The molecule has 0 spiro atoms. The van der Waals surface area contributed by atoms with Gasteiger partial charge >= 0.3 is 0 Å². The Morgan fingerprint density at radius 2 is 1.82 bits per heavy atom. The molecule has 0 fully saturated rings. The van der Waals surface area contributed by atoms with Crippen molar-refractivity contribution in [3.63, 3.8) is 0 Å². The molecule has 0 heterocycles. The molecule has 1 unspecified atom stereocenters. The van der Waals surface area contributed by atoms with Crippen LogP contribution in [0.4, 0.5) is 0 Å². The molecule has 2 rings (SSSR count).